The van der Waals surface area contributed by atoms with Crippen molar-refractivity contribution < 1.29 is 4.79 Å². The smallest absolute Gasteiger partial charge is 0.201 e. The van der Waals surface area contributed by atoms with Gasteiger partial charge < -0.3 is 10.6 Å². The fourth-order valence-electron chi connectivity index (χ4n) is 1.77. The molecule has 1 aromatic carbocycles. The van der Waals surface area contributed by atoms with Crippen LogP contribution in [0.5, 0.6) is 0 Å². The number of carbonyl (C=O) groups excluding carboxylic acids is 1. The van der Waals surface area contributed by atoms with Crippen LogP contribution in [-0.2, 0) is 4.79 Å². The maximum absolute atomic E-state index is 11.4. The van der Waals surface area contributed by atoms with E-state index >= 15 is 0 Å². The summed E-state index contributed by atoms with van der Waals surface area (Å²) in [4.78, 5) is 17.9. The van der Waals surface area contributed by atoms with Crippen molar-refractivity contribution in [3.63, 3.8) is 0 Å². The zero-order valence-electron chi connectivity index (χ0n) is 11.3. The zero-order chi connectivity index (χ0) is 14.0. The minimum absolute atomic E-state index is 0.153. The van der Waals surface area contributed by atoms with Crippen LogP contribution in [0.3, 0.4) is 0 Å². The fourth-order valence-corrected chi connectivity index (χ4v) is 1.77. The molecule has 2 N–H and O–H groups in total. The summed E-state index contributed by atoms with van der Waals surface area (Å²) in [5.74, 6) is -0.153. The van der Waals surface area contributed by atoms with Crippen molar-refractivity contribution in [1.29, 1.82) is 0 Å². The highest BCUT2D eigenvalue weighted by molar-refractivity contribution is 6.21. The Balaban J connectivity index is 2.31. The van der Waals surface area contributed by atoms with Gasteiger partial charge in [-0.3, -0.25) is 4.79 Å². The predicted octanol–water partition coefficient (Wildman–Crippen LogP) is 2.20. The van der Waals surface area contributed by atoms with Crippen LogP contribution < -0.4 is 10.6 Å². The van der Waals surface area contributed by atoms with Crippen LogP contribution in [0.2, 0.25) is 0 Å². The van der Waals surface area contributed by atoms with E-state index in [2.05, 4.69) is 4.99 Å². The standard InChI is InChI=1S/C15H17N3O/c1-10-8-15(19)13(16)9-14(10)17-11-4-6-12(7-5-11)18(2)3/h4-9H,16H2,1-3H3. The van der Waals surface area contributed by atoms with Gasteiger partial charge in [0, 0.05) is 19.8 Å². The third kappa shape index (κ3) is 2.91. The molecule has 1 aliphatic rings. The summed E-state index contributed by atoms with van der Waals surface area (Å²) < 4.78 is 0. The van der Waals surface area contributed by atoms with Crippen molar-refractivity contribution in [2.45, 2.75) is 6.92 Å². The molecule has 4 heteroatoms. The number of rotatable bonds is 2. The average molecular weight is 255 g/mol. The van der Waals surface area contributed by atoms with Gasteiger partial charge in [-0.05, 0) is 48.9 Å². The molecule has 0 atom stereocenters. The summed E-state index contributed by atoms with van der Waals surface area (Å²) >= 11 is 0. The van der Waals surface area contributed by atoms with Gasteiger partial charge in [0.05, 0.1) is 17.1 Å². The first-order valence-electron chi connectivity index (χ1n) is 6.03. The normalized spacial score (nSPS) is 17.2. The van der Waals surface area contributed by atoms with Gasteiger partial charge in [0.25, 0.3) is 0 Å². The van der Waals surface area contributed by atoms with Gasteiger partial charge in [-0.25, -0.2) is 4.99 Å². The third-order valence-electron chi connectivity index (χ3n) is 2.94. The molecule has 2 rings (SSSR count). The van der Waals surface area contributed by atoms with Crippen LogP contribution in [0, 0.1) is 0 Å². The summed E-state index contributed by atoms with van der Waals surface area (Å²) in [7, 11) is 3.98. The molecule has 0 heterocycles. The summed E-state index contributed by atoms with van der Waals surface area (Å²) in [6.45, 7) is 1.86. The number of benzene rings is 1. The Morgan fingerprint density at radius 3 is 2.32 bits per heavy atom. The molecule has 0 aliphatic heterocycles. The van der Waals surface area contributed by atoms with Gasteiger partial charge >= 0.3 is 0 Å². The highest BCUT2D eigenvalue weighted by Crippen LogP contribution is 2.20. The minimum atomic E-state index is -0.153. The molecule has 1 aromatic rings. The largest absolute Gasteiger partial charge is 0.396 e. The number of carbonyl (C=O) groups is 1. The van der Waals surface area contributed by atoms with Gasteiger partial charge in [-0.1, -0.05) is 0 Å². The van der Waals surface area contributed by atoms with Crippen molar-refractivity contribution in [3.8, 4) is 0 Å². The van der Waals surface area contributed by atoms with Crippen LogP contribution in [0.4, 0.5) is 11.4 Å². The van der Waals surface area contributed by atoms with Crippen molar-refractivity contribution in [2.24, 2.45) is 10.7 Å². The maximum Gasteiger partial charge on any atom is 0.201 e. The van der Waals surface area contributed by atoms with Gasteiger partial charge in [-0.15, -0.1) is 0 Å². The van der Waals surface area contributed by atoms with Crippen molar-refractivity contribution in [1.82, 2.24) is 0 Å². The Hall–Kier alpha value is -2.36. The molecule has 19 heavy (non-hydrogen) atoms. The molecule has 0 fully saturated rings. The number of hydrogen-bond donors (Lipinski definition) is 1. The van der Waals surface area contributed by atoms with Gasteiger partial charge in [-0.2, -0.15) is 0 Å². The Morgan fingerprint density at radius 1 is 1.11 bits per heavy atom. The molecule has 0 saturated heterocycles. The van der Waals surface area contributed by atoms with Crippen LogP contribution in [0.25, 0.3) is 0 Å². The number of nitrogens with two attached hydrogens (primary N) is 1. The molecule has 0 saturated carbocycles. The Morgan fingerprint density at radius 2 is 1.74 bits per heavy atom. The molecule has 98 valence electrons. The summed E-state index contributed by atoms with van der Waals surface area (Å²) in [5.41, 5.74) is 9.37. The van der Waals surface area contributed by atoms with Crippen LogP contribution in [0.15, 0.2) is 52.7 Å². The van der Waals surface area contributed by atoms with Gasteiger partial charge in [0.1, 0.15) is 0 Å². The Kier molecular flexibility index (Phi) is 3.51. The van der Waals surface area contributed by atoms with Crippen LogP contribution in [0.1, 0.15) is 6.92 Å². The fraction of sp³-hybridized carbons (Fsp3) is 0.200. The Labute approximate surface area is 112 Å². The molecule has 0 bridgehead atoms. The molecule has 1 aliphatic carbocycles. The SMILES string of the molecule is CC1=CC(=O)C(N)=CC1=Nc1ccc(N(C)C)cc1. The monoisotopic (exact) mass is 255 g/mol. The number of aliphatic imine (C=N–C) groups is 1. The molecule has 4 nitrogen and oxygen atoms in total. The number of nitrogens with zero attached hydrogens (tertiary/aromatic N) is 2. The number of ketones is 1. The second-order valence-corrected chi connectivity index (χ2v) is 4.70. The lowest BCUT2D eigenvalue weighted by Gasteiger charge is -2.12. The summed E-state index contributed by atoms with van der Waals surface area (Å²) in [6.07, 6.45) is 3.14. The quantitative estimate of drug-likeness (QED) is 0.824. The number of allylic oxidation sites excluding steroid dienone is 3. The molecule has 0 amide bonds. The maximum atomic E-state index is 11.4. The van der Waals surface area contributed by atoms with Gasteiger partial charge in [0.15, 0.2) is 0 Å². The highest BCUT2D eigenvalue weighted by atomic mass is 16.1. The minimum Gasteiger partial charge on any atom is -0.396 e. The van der Waals surface area contributed by atoms with Crippen molar-refractivity contribution in [2.75, 3.05) is 19.0 Å². The zero-order valence-corrected chi connectivity index (χ0v) is 11.3. The van der Waals surface area contributed by atoms with Crippen LogP contribution in [-0.4, -0.2) is 25.6 Å². The van der Waals surface area contributed by atoms with E-state index in [4.69, 9.17) is 5.73 Å². The first kappa shape index (κ1) is 13.1. The van der Waals surface area contributed by atoms with Crippen molar-refractivity contribution in [3.05, 3.63) is 47.7 Å². The summed E-state index contributed by atoms with van der Waals surface area (Å²) in [6, 6.07) is 7.88. The average Bonchev–Trinajstić information content (AvgIpc) is 2.36. The molecule has 0 spiro atoms. The van der Waals surface area contributed by atoms with E-state index < -0.39 is 0 Å². The first-order valence-corrected chi connectivity index (χ1v) is 6.03. The molecule has 0 aromatic heterocycles. The van der Waals surface area contributed by atoms with Gasteiger partial charge in [0.2, 0.25) is 5.78 Å². The lowest BCUT2D eigenvalue weighted by molar-refractivity contribution is -0.111. The second kappa shape index (κ2) is 5.10. The lowest BCUT2D eigenvalue weighted by atomic mass is 10.0. The lowest BCUT2D eigenvalue weighted by Crippen LogP contribution is -2.17. The molecular formula is C15H17N3O. The van der Waals surface area contributed by atoms with E-state index in [9.17, 15) is 4.79 Å². The van der Waals surface area contributed by atoms with E-state index in [1.165, 1.54) is 6.08 Å². The van der Waals surface area contributed by atoms with E-state index in [0.717, 1.165) is 22.7 Å². The molecule has 0 unspecified atom stereocenters. The second-order valence-electron chi connectivity index (χ2n) is 4.70. The molecular weight excluding hydrogens is 238 g/mol. The number of anilines is 1. The molecule has 0 radical (unpaired) electrons. The van der Waals surface area contributed by atoms with E-state index in [1.807, 2.05) is 50.2 Å². The third-order valence-corrected chi connectivity index (χ3v) is 2.94. The Bertz CT molecular complexity index is 592. The number of hydrogen-bond acceptors (Lipinski definition) is 4. The highest BCUT2D eigenvalue weighted by Gasteiger charge is 2.13. The van der Waals surface area contributed by atoms with E-state index in [-0.39, 0.29) is 11.5 Å². The first-order chi connectivity index (χ1) is 8.97. The predicted molar refractivity (Wildman–Crippen MR) is 78.9 cm³/mol. The van der Waals surface area contributed by atoms with Crippen molar-refractivity contribution >= 4 is 22.9 Å². The van der Waals surface area contributed by atoms with Crippen LogP contribution >= 0.6 is 0 Å². The van der Waals surface area contributed by atoms with E-state index in [1.54, 1.807) is 6.08 Å². The topological polar surface area (TPSA) is 58.7 Å². The van der Waals surface area contributed by atoms with E-state index in [0.29, 0.717) is 0 Å². The summed E-state index contributed by atoms with van der Waals surface area (Å²) in [5, 5.41) is 0.